The fourth-order valence-electron chi connectivity index (χ4n) is 6.64. The van der Waals surface area contributed by atoms with Crippen LogP contribution in [0.25, 0.3) is 0 Å². The molecule has 0 spiro atoms. The average molecular weight is 1220 g/mol. The van der Waals surface area contributed by atoms with Gasteiger partial charge in [-0.3, -0.25) is 24.7 Å². The van der Waals surface area contributed by atoms with Crippen LogP contribution < -0.4 is 28.0 Å². The molecule has 10 rings (SSSR count). The van der Waals surface area contributed by atoms with Crippen LogP contribution in [0.15, 0.2) is 139 Å². The number of benzene rings is 2. The fraction of sp³-hybridized carbons (Fsp3) is 0.339. The minimum absolute atomic E-state index is 0. The number of nitrogens with zero attached hydrogens (tertiary/aromatic N) is 6. The molecule has 4 saturated carbocycles. The molecule has 78 heavy (non-hydrogen) atoms. The van der Waals surface area contributed by atoms with E-state index in [-0.39, 0.29) is 61.4 Å². The Morgan fingerprint density at radius 3 is 1.36 bits per heavy atom. The number of pyridine rings is 4. The molecular formula is C56H60Br2F6MgN8O5. The third-order valence-corrected chi connectivity index (χ3v) is 11.8. The smallest absolute Gasteiger partial charge is 1.00 e. The van der Waals surface area contributed by atoms with Gasteiger partial charge in [0.2, 0.25) is 0 Å². The van der Waals surface area contributed by atoms with E-state index in [2.05, 4.69) is 59.7 Å². The van der Waals surface area contributed by atoms with Crippen LogP contribution in [-0.4, -0.2) is 82.5 Å². The van der Waals surface area contributed by atoms with Gasteiger partial charge in [-0.05, 0) is 112 Å². The summed E-state index contributed by atoms with van der Waals surface area (Å²) in [6.07, 6.45) is 15.5. The molecule has 4 aromatic heterocycles. The largest absolute Gasteiger partial charge is 2.00 e. The molecule has 0 saturated heterocycles. The summed E-state index contributed by atoms with van der Waals surface area (Å²) in [6, 6.07) is 23.7. The molecule has 6 N–H and O–H groups in total. The summed E-state index contributed by atoms with van der Waals surface area (Å²) in [5.74, 6) is -1.94. The normalized spacial score (nSPS) is 15.0. The Labute approximate surface area is 485 Å². The van der Waals surface area contributed by atoms with Crippen molar-refractivity contribution in [1.82, 2.24) is 25.3 Å². The first kappa shape index (κ1) is 70.2. The van der Waals surface area contributed by atoms with Gasteiger partial charge in [0.15, 0.2) is 0 Å². The van der Waals surface area contributed by atoms with E-state index in [4.69, 9.17) is 21.4 Å². The van der Waals surface area contributed by atoms with Crippen LogP contribution in [-0.2, 0) is 33.9 Å². The van der Waals surface area contributed by atoms with Crippen molar-refractivity contribution < 1.29 is 68.2 Å². The molecule has 4 fully saturated rings. The van der Waals surface area contributed by atoms with Gasteiger partial charge >= 0.3 is 41.4 Å². The number of amides is 1. The van der Waals surface area contributed by atoms with Crippen LogP contribution in [0.1, 0.15) is 134 Å². The molecule has 0 bridgehead atoms. The van der Waals surface area contributed by atoms with E-state index in [1.54, 1.807) is 24.7 Å². The van der Waals surface area contributed by atoms with E-state index in [0.717, 1.165) is 58.6 Å². The van der Waals surface area contributed by atoms with Crippen LogP contribution in [0, 0.1) is 29.1 Å². The van der Waals surface area contributed by atoms with Crippen LogP contribution in [0.4, 0.5) is 26.3 Å². The van der Waals surface area contributed by atoms with Gasteiger partial charge in [-0.1, -0.05) is 87.6 Å². The number of alkyl halides is 6. The number of carboxylic acid groups (broad SMARTS) is 1. The Hall–Kier alpha value is -5.85. The van der Waals surface area contributed by atoms with Gasteiger partial charge in [-0.25, -0.2) is 17.6 Å². The molecule has 13 nitrogen and oxygen atoms in total. The van der Waals surface area contributed by atoms with E-state index < -0.39 is 46.6 Å². The third kappa shape index (κ3) is 21.4. The van der Waals surface area contributed by atoms with Crippen LogP contribution in [0.3, 0.4) is 0 Å². The second kappa shape index (κ2) is 32.9. The zero-order valence-corrected chi connectivity index (χ0v) is 45.3. The molecule has 6 aromatic rings. The first-order valence-corrected chi connectivity index (χ1v) is 24.0. The molecule has 4 heterocycles. The number of carbonyl (C=O) groups is 2. The van der Waals surface area contributed by atoms with Gasteiger partial charge in [0.25, 0.3) is 17.1 Å². The number of hydrogen-bond donors (Lipinski definition) is 5. The zero-order valence-electron chi connectivity index (χ0n) is 40.7. The quantitative estimate of drug-likeness (QED) is 0.0495. The Morgan fingerprint density at radius 1 is 0.628 bits per heavy atom. The van der Waals surface area contributed by atoms with Crippen molar-refractivity contribution in [3.8, 4) is 12.1 Å². The predicted molar refractivity (Wildman–Crippen MR) is 283 cm³/mol. The van der Waals surface area contributed by atoms with Crippen LogP contribution in [0.2, 0.25) is 0 Å². The van der Waals surface area contributed by atoms with Gasteiger partial charge in [0, 0.05) is 78.3 Å². The first-order valence-electron chi connectivity index (χ1n) is 23.2. The number of nitriles is 2. The molecule has 1 amide bonds. The predicted octanol–water partition coefficient (Wildman–Crippen LogP) is 8.39. The number of nitrogens with two attached hydrogens (primary N) is 1. The summed E-state index contributed by atoms with van der Waals surface area (Å²) in [7, 11) is 0. The van der Waals surface area contributed by atoms with E-state index in [1.807, 2.05) is 36.8 Å². The minimum atomic E-state index is -5.26. The van der Waals surface area contributed by atoms with Crippen LogP contribution in [0.5, 0.6) is 0 Å². The summed E-state index contributed by atoms with van der Waals surface area (Å²) in [5, 5.41) is 46.9. The van der Waals surface area contributed by atoms with Crippen molar-refractivity contribution in [3.05, 3.63) is 195 Å². The number of aliphatic hydroxyl groups is 2. The summed E-state index contributed by atoms with van der Waals surface area (Å²) in [4.78, 5) is 38.7. The van der Waals surface area contributed by atoms with Crippen molar-refractivity contribution >= 4 is 50.9 Å². The van der Waals surface area contributed by atoms with Gasteiger partial charge in [0.05, 0.1) is 11.1 Å². The fourth-order valence-corrected chi connectivity index (χ4v) is 7.00. The van der Waals surface area contributed by atoms with Crippen molar-refractivity contribution in [3.63, 3.8) is 0 Å². The van der Waals surface area contributed by atoms with Gasteiger partial charge in [0.1, 0.15) is 12.1 Å². The summed E-state index contributed by atoms with van der Waals surface area (Å²) < 4.78 is 78.3. The van der Waals surface area contributed by atoms with E-state index >= 15 is 0 Å². The standard InChI is InChI=1S/C18H17F3N2O2.C9H7F3O3.C9H12N2.C9H8N2.C6H3BrN2.C3H5.2CH4.BrH.Mg/c19-18(20,21)17(25,15-4-2-1-3-5-15)16(24)23-10-12-8-14(11-22-9-12)13-6-7-13;10-9(11,12)8(15,7(13)14)6-4-2-1-3-5-6;2*10-4-7-3-9(6-11-5-7)8-1-2-8;7-6-1-5(2-8)3-9-4-6;1-2-3-1;;;;/h1-5,8-9,11,13,25H,6-7,10H2,(H,23,24);1-5,15H,(H,13,14);3,5-6,8H,1-2,4,10H2;3,5-6,8H,1-2H2;1,3-4H;1H,2-3H2;2*1H4;1H;/q;;;;;-1;;;;+2/p-1/t17-;8-;;;;;;;;/m11......../s1. The van der Waals surface area contributed by atoms with E-state index in [0.29, 0.717) is 35.1 Å². The van der Waals surface area contributed by atoms with Crippen LogP contribution >= 0.6 is 15.9 Å². The number of rotatable bonds is 10. The van der Waals surface area contributed by atoms with Crippen molar-refractivity contribution in [1.29, 1.82) is 10.5 Å². The number of halogens is 8. The Balaban J connectivity index is 0.000000498. The van der Waals surface area contributed by atoms with Gasteiger partial charge in [-0.2, -0.15) is 36.9 Å². The molecule has 4 aliphatic rings. The van der Waals surface area contributed by atoms with Crippen molar-refractivity contribution in [2.45, 2.75) is 121 Å². The van der Waals surface area contributed by atoms with E-state index in [1.165, 1.54) is 98.4 Å². The van der Waals surface area contributed by atoms with E-state index in [9.17, 15) is 46.1 Å². The first-order chi connectivity index (χ1) is 35.2. The van der Waals surface area contributed by atoms with Crippen molar-refractivity contribution in [2.75, 3.05) is 0 Å². The number of hydrogen-bond acceptors (Lipinski definition) is 11. The maximum atomic E-state index is 13.4. The third-order valence-electron chi connectivity index (χ3n) is 11.3. The van der Waals surface area contributed by atoms with Crippen molar-refractivity contribution in [2.24, 2.45) is 5.73 Å². The molecule has 2 atom stereocenters. The SMILES string of the molecule is C.C.N#Cc1cncc(Br)c1.N#Cc1cncc(C2CC2)c1.NCc1cncc(C2CC2)c1.O=C(NCc1cncc(C2CC2)c1)[C@](O)(c1ccccc1)C(F)(F)F.O=C(O)[C@](O)(c1ccccc1)C(F)(F)F.[Br-].[CH-]1CC1.[Mg+2]. The molecule has 0 radical (unpaired) electrons. The molecule has 0 unspecified atom stereocenters. The number of aromatic nitrogens is 4. The molecule has 4 aliphatic carbocycles. The Morgan fingerprint density at radius 2 is 1.00 bits per heavy atom. The number of carbonyl (C=O) groups excluding carboxylic acids is 1. The monoisotopic (exact) mass is 1220 g/mol. The summed E-state index contributed by atoms with van der Waals surface area (Å²) >= 11 is 3.19. The number of carboxylic acids is 1. The second-order valence-corrected chi connectivity index (χ2v) is 18.3. The minimum Gasteiger partial charge on any atom is -1.00 e. The molecular weight excluding hydrogens is 1160 g/mol. The summed E-state index contributed by atoms with van der Waals surface area (Å²) in [6.45, 7) is 0.463. The topological polar surface area (TPSA) is 232 Å². The molecule has 22 heteroatoms. The Kier molecular flexibility index (Phi) is 29.6. The van der Waals surface area contributed by atoms with Gasteiger partial charge < -0.3 is 49.8 Å². The Bertz CT molecular complexity index is 2870. The molecule has 2 aromatic carbocycles. The molecule has 412 valence electrons. The maximum Gasteiger partial charge on any atom is 2.00 e. The average Bonchev–Trinajstić information content (AvgIpc) is 4.20. The van der Waals surface area contributed by atoms with Gasteiger partial charge in [-0.15, -0.1) is 0 Å². The second-order valence-electron chi connectivity index (χ2n) is 17.4. The maximum absolute atomic E-state index is 13.4. The zero-order chi connectivity index (χ0) is 53.9. The number of aliphatic carboxylic acids is 1. The molecule has 0 aliphatic heterocycles. The summed E-state index contributed by atoms with van der Waals surface area (Å²) in [5.41, 5.74) is 3.40. The number of nitrogens with one attached hydrogen (secondary N) is 1.